The third-order valence-corrected chi connectivity index (χ3v) is 3.48. The van der Waals surface area contributed by atoms with Crippen molar-refractivity contribution in [3.8, 4) is 0 Å². The smallest absolute Gasteiger partial charge is 0.137 e. The van der Waals surface area contributed by atoms with Crippen molar-refractivity contribution in [1.82, 2.24) is 9.97 Å². The molecule has 0 aliphatic carbocycles. The van der Waals surface area contributed by atoms with Crippen LogP contribution in [0.1, 0.15) is 32.3 Å². The van der Waals surface area contributed by atoms with Crippen molar-refractivity contribution >= 4 is 11.6 Å². The molecule has 0 saturated carbocycles. The molecule has 0 bridgehead atoms. The van der Waals surface area contributed by atoms with Crippen molar-refractivity contribution in [2.75, 3.05) is 29.9 Å². The highest BCUT2D eigenvalue weighted by Crippen LogP contribution is 2.26. The summed E-state index contributed by atoms with van der Waals surface area (Å²) in [5, 5.41) is 3.29. The van der Waals surface area contributed by atoms with Crippen molar-refractivity contribution in [2.45, 2.75) is 33.6 Å². The summed E-state index contributed by atoms with van der Waals surface area (Å²) in [4.78, 5) is 11.1. The first-order valence-electron chi connectivity index (χ1n) is 6.52. The average molecular weight is 234 g/mol. The highest BCUT2D eigenvalue weighted by Gasteiger charge is 2.19. The third-order valence-electron chi connectivity index (χ3n) is 3.48. The summed E-state index contributed by atoms with van der Waals surface area (Å²) in [5.41, 5.74) is 1.17. The summed E-state index contributed by atoms with van der Waals surface area (Å²) in [7, 11) is 0. The zero-order chi connectivity index (χ0) is 12.3. The molecule has 1 saturated heterocycles. The molecule has 0 radical (unpaired) electrons. The fourth-order valence-corrected chi connectivity index (χ4v) is 2.33. The highest BCUT2D eigenvalue weighted by atomic mass is 15.2. The van der Waals surface area contributed by atoms with Crippen molar-refractivity contribution in [3.05, 3.63) is 11.9 Å². The second-order valence-corrected chi connectivity index (χ2v) is 4.87. The van der Waals surface area contributed by atoms with Crippen molar-refractivity contribution in [1.29, 1.82) is 0 Å². The van der Waals surface area contributed by atoms with Crippen LogP contribution < -0.4 is 10.2 Å². The Balaban J connectivity index is 2.17. The number of piperidine rings is 1. The van der Waals surface area contributed by atoms with Gasteiger partial charge in [0.25, 0.3) is 0 Å². The molecule has 0 unspecified atom stereocenters. The second-order valence-electron chi connectivity index (χ2n) is 4.87. The van der Waals surface area contributed by atoms with Gasteiger partial charge in [0.2, 0.25) is 0 Å². The molecular weight excluding hydrogens is 212 g/mol. The van der Waals surface area contributed by atoms with E-state index in [1.165, 1.54) is 18.4 Å². The molecule has 1 aliphatic rings. The second kappa shape index (κ2) is 5.34. The fourth-order valence-electron chi connectivity index (χ4n) is 2.33. The standard InChI is InChI=1S/C13H22N4/c1-4-14-12-11(3)13(16-9-15-12)17-7-5-10(2)6-8-17/h9-10H,4-8H2,1-3H3,(H,14,15,16). The van der Waals surface area contributed by atoms with Gasteiger partial charge in [-0.25, -0.2) is 9.97 Å². The van der Waals surface area contributed by atoms with E-state index in [-0.39, 0.29) is 0 Å². The van der Waals surface area contributed by atoms with Crippen molar-refractivity contribution in [2.24, 2.45) is 5.92 Å². The van der Waals surface area contributed by atoms with E-state index in [0.29, 0.717) is 0 Å². The summed E-state index contributed by atoms with van der Waals surface area (Å²) >= 11 is 0. The Labute approximate surface area is 103 Å². The number of hydrogen-bond donors (Lipinski definition) is 1. The van der Waals surface area contributed by atoms with Crippen LogP contribution in [-0.2, 0) is 0 Å². The van der Waals surface area contributed by atoms with Crippen LogP contribution in [0.3, 0.4) is 0 Å². The van der Waals surface area contributed by atoms with Gasteiger partial charge in [0.1, 0.15) is 18.0 Å². The predicted molar refractivity (Wildman–Crippen MR) is 71.5 cm³/mol. The van der Waals surface area contributed by atoms with Gasteiger partial charge in [0, 0.05) is 25.2 Å². The molecule has 0 aromatic carbocycles. The number of rotatable bonds is 3. The summed E-state index contributed by atoms with van der Waals surface area (Å²) in [6.07, 6.45) is 4.19. The Morgan fingerprint density at radius 3 is 2.71 bits per heavy atom. The van der Waals surface area contributed by atoms with E-state index >= 15 is 0 Å². The molecule has 17 heavy (non-hydrogen) atoms. The molecule has 1 aromatic heterocycles. The van der Waals surface area contributed by atoms with Gasteiger partial charge in [-0.2, -0.15) is 0 Å². The van der Waals surface area contributed by atoms with Gasteiger partial charge in [-0.1, -0.05) is 6.92 Å². The number of aromatic nitrogens is 2. The summed E-state index contributed by atoms with van der Waals surface area (Å²) in [5.74, 6) is 2.92. The molecule has 2 heterocycles. The molecule has 1 N–H and O–H groups in total. The van der Waals surface area contributed by atoms with Crippen molar-refractivity contribution < 1.29 is 0 Å². The number of anilines is 2. The fraction of sp³-hybridized carbons (Fsp3) is 0.692. The molecule has 0 amide bonds. The molecule has 1 aliphatic heterocycles. The highest BCUT2D eigenvalue weighted by molar-refractivity contribution is 5.57. The van der Waals surface area contributed by atoms with Crippen LogP contribution in [0, 0.1) is 12.8 Å². The maximum Gasteiger partial charge on any atom is 0.137 e. The van der Waals surface area contributed by atoms with Gasteiger partial charge in [-0.15, -0.1) is 0 Å². The lowest BCUT2D eigenvalue weighted by Gasteiger charge is -2.32. The van der Waals surface area contributed by atoms with Gasteiger partial charge in [0.05, 0.1) is 0 Å². The Morgan fingerprint density at radius 2 is 2.06 bits per heavy atom. The number of nitrogens with one attached hydrogen (secondary N) is 1. The minimum absolute atomic E-state index is 0.849. The van der Waals surface area contributed by atoms with E-state index in [0.717, 1.165) is 37.2 Å². The minimum Gasteiger partial charge on any atom is -0.370 e. The van der Waals surface area contributed by atoms with E-state index in [1.54, 1.807) is 6.33 Å². The summed E-state index contributed by atoms with van der Waals surface area (Å²) < 4.78 is 0. The van der Waals surface area contributed by atoms with Gasteiger partial charge in [-0.05, 0) is 32.6 Å². The normalized spacial score (nSPS) is 17.2. The lowest BCUT2D eigenvalue weighted by Crippen LogP contribution is -2.34. The molecule has 94 valence electrons. The van der Waals surface area contributed by atoms with Crippen LogP contribution in [-0.4, -0.2) is 29.6 Å². The minimum atomic E-state index is 0.849. The topological polar surface area (TPSA) is 41.1 Å². The average Bonchev–Trinajstić information content (AvgIpc) is 2.34. The molecule has 2 rings (SSSR count). The Hall–Kier alpha value is -1.32. The molecule has 1 aromatic rings. The molecular formula is C13H22N4. The van der Waals surface area contributed by atoms with Crippen LogP contribution in [0.4, 0.5) is 11.6 Å². The van der Waals surface area contributed by atoms with E-state index < -0.39 is 0 Å². The van der Waals surface area contributed by atoms with E-state index in [2.05, 4.69) is 41.0 Å². The van der Waals surface area contributed by atoms with E-state index in [4.69, 9.17) is 0 Å². The lowest BCUT2D eigenvalue weighted by atomic mass is 9.99. The first-order valence-corrected chi connectivity index (χ1v) is 6.52. The first kappa shape index (κ1) is 12.1. The summed E-state index contributed by atoms with van der Waals surface area (Å²) in [6.45, 7) is 9.65. The monoisotopic (exact) mass is 234 g/mol. The Kier molecular flexibility index (Phi) is 3.82. The van der Waals surface area contributed by atoms with Crippen LogP contribution in [0.15, 0.2) is 6.33 Å². The zero-order valence-electron chi connectivity index (χ0n) is 11.0. The number of hydrogen-bond acceptors (Lipinski definition) is 4. The Bertz CT molecular complexity index is 370. The van der Waals surface area contributed by atoms with E-state index in [9.17, 15) is 0 Å². The Morgan fingerprint density at radius 1 is 1.35 bits per heavy atom. The zero-order valence-corrected chi connectivity index (χ0v) is 11.0. The van der Waals surface area contributed by atoms with Gasteiger partial charge in [0.15, 0.2) is 0 Å². The van der Waals surface area contributed by atoms with Gasteiger partial charge < -0.3 is 10.2 Å². The predicted octanol–water partition coefficient (Wildman–Crippen LogP) is 2.45. The maximum absolute atomic E-state index is 4.44. The molecule has 4 heteroatoms. The van der Waals surface area contributed by atoms with Crippen molar-refractivity contribution in [3.63, 3.8) is 0 Å². The van der Waals surface area contributed by atoms with Crippen LogP contribution >= 0.6 is 0 Å². The SMILES string of the molecule is CCNc1ncnc(N2CCC(C)CC2)c1C. The quantitative estimate of drug-likeness (QED) is 0.872. The van der Waals surface area contributed by atoms with Crippen LogP contribution in [0.25, 0.3) is 0 Å². The van der Waals surface area contributed by atoms with Crippen LogP contribution in [0.2, 0.25) is 0 Å². The number of nitrogens with zero attached hydrogens (tertiary/aromatic N) is 3. The molecule has 1 fully saturated rings. The largest absolute Gasteiger partial charge is 0.370 e. The lowest BCUT2D eigenvalue weighted by molar-refractivity contribution is 0.436. The first-order chi connectivity index (χ1) is 8.22. The maximum atomic E-state index is 4.44. The summed E-state index contributed by atoms with van der Waals surface area (Å²) in [6, 6.07) is 0. The third kappa shape index (κ3) is 2.68. The van der Waals surface area contributed by atoms with Gasteiger partial charge in [-0.3, -0.25) is 0 Å². The molecule has 0 spiro atoms. The molecule has 4 nitrogen and oxygen atoms in total. The molecule has 0 atom stereocenters. The van der Waals surface area contributed by atoms with Gasteiger partial charge >= 0.3 is 0 Å². The van der Waals surface area contributed by atoms with E-state index in [1.807, 2.05) is 0 Å². The van der Waals surface area contributed by atoms with Crippen LogP contribution in [0.5, 0.6) is 0 Å².